The average Bonchev–Trinajstić information content (AvgIpc) is 2.90. The molecule has 0 aliphatic rings. The highest BCUT2D eigenvalue weighted by Crippen LogP contribution is 2.32. The Morgan fingerprint density at radius 2 is 1.86 bits per heavy atom. The van der Waals surface area contributed by atoms with Gasteiger partial charge in [0, 0.05) is 17.3 Å². The number of benzene rings is 1. The van der Waals surface area contributed by atoms with Crippen LogP contribution in [-0.2, 0) is 0 Å². The summed E-state index contributed by atoms with van der Waals surface area (Å²) in [6, 6.07) is 9.57. The molecule has 3 aromatic rings. The zero-order valence-corrected chi connectivity index (χ0v) is 12.8. The number of aromatic nitrogens is 3. The van der Waals surface area contributed by atoms with Gasteiger partial charge in [-0.05, 0) is 31.2 Å². The lowest BCUT2D eigenvalue weighted by Crippen LogP contribution is -1.94. The van der Waals surface area contributed by atoms with Crippen molar-refractivity contribution in [3.05, 3.63) is 40.7 Å². The first-order valence-electron chi connectivity index (χ1n) is 6.44. The van der Waals surface area contributed by atoms with Crippen LogP contribution in [0.25, 0.3) is 16.9 Å². The zero-order chi connectivity index (χ0) is 15.0. The van der Waals surface area contributed by atoms with Crippen LogP contribution < -0.4 is 9.47 Å². The topological polar surface area (TPSA) is 51.5 Å². The molecule has 3 rings (SSSR count). The van der Waals surface area contributed by atoms with Crippen LogP contribution in [-0.4, -0.2) is 28.8 Å². The molecule has 1 aromatic carbocycles. The summed E-state index contributed by atoms with van der Waals surface area (Å²) in [6.45, 7) is 1.93. The van der Waals surface area contributed by atoms with Crippen LogP contribution in [0, 0.1) is 11.6 Å². The Morgan fingerprint density at radius 1 is 1.10 bits per heavy atom. The smallest absolute Gasteiger partial charge is 0.161 e. The van der Waals surface area contributed by atoms with E-state index in [0.29, 0.717) is 16.1 Å². The Hall–Kier alpha value is -2.34. The van der Waals surface area contributed by atoms with Gasteiger partial charge in [-0.15, -0.1) is 0 Å². The second-order valence-electron chi connectivity index (χ2n) is 4.67. The van der Waals surface area contributed by atoms with Crippen molar-refractivity contribution in [3.8, 4) is 22.8 Å². The van der Waals surface area contributed by atoms with Gasteiger partial charge in [-0.1, -0.05) is 12.2 Å². The molecule has 6 heteroatoms. The first-order chi connectivity index (χ1) is 10.1. The molecule has 0 saturated heterocycles. The third kappa shape index (κ3) is 2.38. The number of ether oxygens (including phenoxy) is 2. The third-order valence-electron chi connectivity index (χ3n) is 3.27. The Morgan fingerprint density at radius 3 is 2.57 bits per heavy atom. The Labute approximate surface area is 127 Å². The summed E-state index contributed by atoms with van der Waals surface area (Å²) >= 11 is 5.34. The van der Waals surface area contributed by atoms with Crippen LogP contribution in [0.2, 0.25) is 0 Å². The molecule has 2 heterocycles. The highest BCUT2D eigenvalue weighted by atomic mass is 32.1. The standard InChI is InChI=1S/C15H15N3O2S/c1-9-6-15(21)18-14(16-9)8-11(17-18)10-4-5-12(19-2)13(7-10)20-3/h4-8,17H,1-3H3. The van der Waals surface area contributed by atoms with Gasteiger partial charge in [-0.25, -0.2) is 9.50 Å². The molecular formula is C15H15N3O2S. The number of H-pyrrole nitrogens is 1. The van der Waals surface area contributed by atoms with Crippen LogP contribution in [0.3, 0.4) is 0 Å². The number of nitrogens with zero attached hydrogens (tertiary/aromatic N) is 2. The normalized spacial score (nSPS) is 10.8. The molecule has 0 atom stereocenters. The SMILES string of the molecule is COc1ccc(-c2cc3nc(C)cc(=S)n3[nH]2)cc1OC. The highest BCUT2D eigenvalue weighted by molar-refractivity contribution is 7.71. The van der Waals surface area contributed by atoms with Gasteiger partial charge in [0.25, 0.3) is 0 Å². The van der Waals surface area contributed by atoms with Gasteiger partial charge in [-0.3, -0.25) is 5.10 Å². The molecule has 0 aliphatic heterocycles. The fourth-order valence-corrected chi connectivity index (χ4v) is 2.57. The van der Waals surface area contributed by atoms with Gasteiger partial charge in [-0.2, -0.15) is 0 Å². The largest absolute Gasteiger partial charge is 0.493 e. The predicted octanol–water partition coefficient (Wildman–Crippen LogP) is 3.38. The zero-order valence-electron chi connectivity index (χ0n) is 12.0. The van der Waals surface area contributed by atoms with Crippen molar-refractivity contribution < 1.29 is 9.47 Å². The van der Waals surface area contributed by atoms with Crippen LogP contribution in [0.5, 0.6) is 11.5 Å². The molecule has 5 nitrogen and oxygen atoms in total. The van der Waals surface area contributed by atoms with E-state index < -0.39 is 0 Å². The predicted molar refractivity (Wildman–Crippen MR) is 83.7 cm³/mol. The molecule has 0 aliphatic carbocycles. The minimum atomic E-state index is 0.682. The molecule has 2 aromatic heterocycles. The summed E-state index contributed by atoms with van der Waals surface area (Å²) in [4.78, 5) is 4.47. The lowest BCUT2D eigenvalue weighted by atomic mass is 10.1. The van der Waals surface area contributed by atoms with Gasteiger partial charge in [0.2, 0.25) is 0 Å². The maximum atomic E-state index is 5.34. The number of nitrogens with one attached hydrogen (secondary N) is 1. The number of methoxy groups -OCH3 is 2. The van der Waals surface area contributed by atoms with E-state index in [1.807, 2.05) is 37.3 Å². The van der Waals surface area contributed by atoms with Crippen molar-refractivity contribution in [2.24, 2.45) is 0 Å². The third-order valence-corrected chi connectivity index (χ3v) is 3.57. The number of aryl methyl sites for hydroxylation is 1. The molecule has 21 heavy (non-hydrogen) atoms. The van der Waals surface area contributed by atoms with Crippen molar-refractivity contribution in [1.29, 1.82) is 0 Å². The molecule has 108 valence electrons. The number of hydrogen-bond donors (Lipinski definition) is 1. The number of aromatic amines is 1. The van der Waals surface area contributed by atoms with Crippen molar-refractivity contribution in [3.63, 3.8) is 0 Å². The van der Waals surface area contributed by atoms with Crippen molar-refractivity contribution in [1.82, 2.24) is 14.6 Å². The summed E-state index contributed by atoms with van der Waals surface area (Å²) in [6.07, 6.45) is 0. The molecule has 0 amide bonds. The average molecular weight is 301 g/mol. The maximum Gasteiger partial charge on any atom is 0.161 e. The molecule has 0 unspecified atom stereocenters. The fraction of sp³-hybridized carbons (Fsp3) is 0.200. The summed E-state index contributed by atoms with van der Waals surface area (Å²) in [7, 11) is 3.24. The van der Waals surface area contributed by atoms with Crippen molar-refractivity contribution in [2.75, 3.05) is 14.2 Å². The maximum absolute atomic E-state index is 5.34. The van der Waals surface area contributed by atoms with Gasteiger partial charge in [0.1, 0.15) is 4.64 Å². The highest BCUT2D eigenvalue weighted by Gasteiger charge is 2.09. The monoisotopic (exact) mass is 301 g/mol. The minimum Gasteiger partial charge on any atom is -0.493 e. The van der Waals surface area contributed by atoms with E-state index in [2.05, 4.69) is 10.1 Å². The Kier molecular flexibility index (Phi) is 3.39. The van der Waals surface area contributed by atoms with Crippen LogP contribution >= 0.6 is 12.2 Å². The van der Waals surface area contributed by atoms with Crippen LogP contribution in [0.4, 0.5) is 0 Å². The van der Waals surface area contributed by atoms with Crippen LogP contribution in [0.1, 0.15) is 5.69 Å². The first-order valence-corrected chi connectivity index (χ1v) is 6.85. The quantitative estimate of drug-likeness (QED) is 0.753. The molecule has 0 radical (unpaired) electrons. The molecule has 0 bridgehead atoms. The molecule has 0 saturated carbocycles. The molecule has 0 fully saturated rings. The van der Waals surface area contributed by atoms with E-state index in [0.717, 1.165) is 22.6 Å². The number of hydrogen-bond acceptors (Lipinski definition) is 4. The number of rotatable bonds is 3. The lowest BCUT2D eigenvalue weighted by Gasteiger charge is -2.08. The second kappa shape index (κ2) is 5.21. The van der Waals surface area contributed by atoms with Gasteiger partial charge in [0.15, 0.2) is 17.1 Å². The molecule has 1 N–H and O–H groups in total. The summed E-state index contributed by atoms with van der Waals surface area (Å²) in [5, 5.41) is 3.25. The summed E-state index contributed by atoms with van der Waals surface area (Å²) in [5.41, 5.74) is 3.59. The van der Waals surface area contributed by atoms with E-state index in [4.69, 9.17) is 21.7 Å². The van der Waals surface area contributed by atoms with Gasteiger partial charge < -0.3 is 9.47 Å². The van der Waals surface area contributed by atoms with Crippen molar-refractivity contribution in [2.45, 2.75) is 6.92 Å². The van der Waals surface area contributed by atoms with E-state index in [9.17, 15) is 0 Å². The fourth-order valence-electron chi connectivity index (χ4n) is 2.26. The number of fused-ring (bicyclic) bond motifs is 1. The van der Waals surface area contributed by atoms with E-state index >= 15 is 0 Å². The summed E-state index contributed by atoms with van der Waals surface area (Å²) in [5.74, 6) is 1.38. The second-order valence-corrected chi connectivity index (χ2v) is 5.09. The van der Waals surface area contributed by atoms with E-state index in [1.165, 1.54) is 0 Å². The van der Waals surface area contributed by atoms with Gasteiger partial charge >= 0.3 is 0 Å². The summed E-state index contributed by atoms with van der Waals surface area (Å²) < 4.78 is 13.1. The lowest BCUT2D eigenvalue weighted by molar-refractivity contribution is 0.355. The molecule has 0 spiro atoms. The van der Waals surface area contributed by atoms with E-state index in [1.54, 1.807) is 18.7 Å². The Bertz CT molecular complexity index is 867. The Balaban J connectivity index is 2.16. The molecular weight excluding hydrogens is 286 g/mol. The van der Waals surface area contributed by atoms with Crippen molar-refractivity contribution >= 4 is 17.9 Å². The first kappa shape index (κ1) is 13.6. The van der Waals surface area contributed by atoms with Gasteiger partial charge in [0.05, 0.1) is 19.9 Å². The van der Waals surface area contributed by atoms with E-state index in [-0.39, 0.29) is 0 Å². The minimum absolute atomic E-state index is 0.682. The van der Waals surface area contributed by atoms with Crippen LogP contribution in [0.15, 0.2) is 30.3 Å².